The van der Waals surface area contributed by atoms with Crippen LogP contribution in [0.5, 0.6) is 0 Å². The van der Waals surface area contributed by atoms with Crippen LogP contribution in [0.25, 0.3) is 6.08 Å². The molecule has 1 rings (SSSR count). The molecule has 2 N–H and O–H groups in total. The lowest BCUT2D eigenvalue weighted by Gasteiger charge is -1.98. The van der Waals surface area contributed by atoms with Gasteiger partial charge >= 0.3 is 7.12 Å². The second-order valence-corrected chi connectivity index (χ2v) is 3.10. The van der Waals surface area contributed by atoms with Crippen LogP contribution in [0.2, 0.25) is 5.02 Å². The van der Waals surface area contributed by atoms with E-state index in [1.165, 1.54) is 0 Å². The van der Waals surface area contributed by atoms with Crippen LogP contribution in [-0.2, 0) is 0 Å². The summed E-state index contributed by atoms with van der Waals surface area (Å²) in [7, 11) is -1.44. The molecule has 0 aromatic carbocycles. The molecule has 0 amide bonds. The Morgan fingerprint density at radius 1 is 1.62 bits per heavy atom. The third kappa shape index (κ3) is 3.18. The summed E-state index contributed by atoms with van der Waals surface area (Å²) in [6.07, 6.45) is 3.13. The summed E-state index contributed by atoms with van der Waals surface area (Å²) in [6, 6.07) is 3.30. The zero-order valence-electron chi connectivity index (χ0n) is 7.11. The molecule has 1 aromatic rings. The molecule has 0 bridgehead atoms. The third-order valence-corrected chi connectivity index (χ3v) is 1.76. The lowest BCUT2D eigenvalue weighted by molar-refractivity contribution is 0.419. The maximum absolute atomic E-state index is 8.78. The second-order valence-electron chi connectivity index (χ2n) is 2.66. The molecule has 0 aliphatic carbocycles. The number of pyridine rings is 1. The van der Waals surface area contributed by atoms with Gasteiger partial charge in [0.25, 0.3) is 0 Å². The Morgan fingerprint density at radius 3 is 2.85 bits per heavy atom. The van der Waals surface area contributed by atoms with Gasteiger partial charge in [0, 0.05) is 11.2 Å². The van der Waals surface area contributed by atoms with E-state index in [2.05, 4.69) is 4.98 Å². The van der Waals surface area contributed by atoms with Crippen LogP contribution in [0.3, 0.4) is 0 Å². The molecular weight excluding hydrogens is 188 g/mol. The number of hydrogen-bond acceptors (Lipinski definition) is 3. The zero-order valence-corrected chi connectivity index (χ0v) is 7.86. The highest BCUT2D eigenvalue weighted by Gasteiger charge is 2.08. The minimum absolute atomic E-state index is 0.426. The molecular formula is C8H9BClNO2. The fourth-order valence-electron chi connectivity index (χ4n) is 0.808. The number of allylic oxidation sites excluding steroid dienone is 1. The summed E-state index contributed by atoms with van der Waals surface area (Å²) >= 11 is 5.71. The first-order chi connectivity index (χ1) is 6.09. The predicted octanol–water partition coefficient (Wildman–Crippen LogP) is 1.15. The van der Waals surface area contributed by atoms with Gasteiger partial charge in [-0.1, -0.05) is 11.6 Å². The van der Waals surface area contributed by atoms with Crippen molar-refractivity contribution in [1.82, 2.24) is 4.98 Å². The largest absolute Gasteiger partial charge is 0.483 e. The first kappa shape index (κ1) is 10.2. The SMILES string of the molecule is C/C(=C\c1cc(Cl)ccn1)B(O)O. The summed E-state index contributed by atoms with van der Waals surface area (Å²) < 4.78 is 0. The lowest BCUT2D eigenvalue weighted by atomic mass is 9.80. The summed E-state index contributed by atoms with van der Waals surface area (Å²) in [5.41, 5.74) is 1.04. The van der Waals surface area contributed by atoms with Crippen LogP contribution in [0.1, 0.15) is 12.6 Å². The molecule has 3 nitrogen and oxygen atoms in total. The monoisotopic (exact) mass is 197 g/mol. The van der Waals surface area contributed by atoms with Gasteiger partial charge in [0.05, 0.1) is 5.69 Å². The smallest absolute Gasteiger partial charge is 0.423 e. The highest BCUT2D eigenvalue weighted by atomic mass is 35.5. The average molecular weight is 197 g/mol. The first-order valence-corrected chi connectivity index (χ1v) is 4.13. The molecule has 0 saturated heterocycles. The summed E-state index contributed by atoms with van der Waals surface area (Å²) in [5, 5.41) is 18.1. The fourth-order valence-corrected chi connectivity index (χ4v) is 0.976. The molecule has 13 heavy (non-hydrogen) atoms. The van der Waals surface area contributed by atoms with Crippen molar-refractivity contribution in [3.05, 3.63) is 34.5 Å². The van der Waals surface area contributed by atoms with Gasteiger partial charge < -0.3 is 10.0 Å². The maximum atomic E-state index is 8.78. The Labute approximate surface area is 81.8 Å². The summed E-state index contributed by atoms with van der Waals surface area (Å²) in [6.45, 7) is 1.60. The minimum atomic E-state index is -1.44. The minimum Gasteiger partial charge on any atom is -0.423 e. The van der Waals surface area contributed by atoms with Crippen molar-refractivity contribution in [3.8, 4) is 0 Å². The van der Waals surface area contributed by atoms with E-state index in [1.54, 1.807) is 31.3 Å². The van der Waals surface area contributed by atoms with Crippen LogP contribution in [0.4, 0.5) is 0 Å². The van der Waals surface area contributed by atoms with Crippen molar-refractivity contribution in [1.29, 1.82) is 0 Å². The average Bonchev–Trinajstić information content (AvgIpc) is 2.04. The highest BCUT2D eigenvalue weighted by molar-refractivity contribution is 6.51. The summed E-state index contributed by atoms with van der Waals surface area (Å²) in [4.78, 5) is 3.98. The fraction of sp³-hybridized carbons (Fsp3) is 0.125. The second kappa shape index (κ2) is 4.41. The number of halogens is 1. The van der Waals surface area contributed by atoms with Crippen LogP contribution < -0.4 is 0 Å². The van der Waals surface area contributed by atoms with Gasteiger partial charge in [0.15, 0.2) is 0 Å². The topological polar surface area (TPSA) is 53.4 Å². The summed E-state index contributed by atoms with van der Waals surface area (Å²) in [5.74, 6) is 0. The highest BCUT2D eigenvalue weighted by Crippen LogP contribution is 2.11. The van der Waals surface area contributed by atoms with Crippen LogP contribution in [0.15, 0.2) is 23.8 Å². The zero-order chi connectivity index (χ0) is 9.84. The van der Waals surface area contributed by atoms with Crippen molar-refractivity contribution in [2.75, 3.05) is 0 Å². The normalized spacial score (nSPS) is 11.5. The van der Waals surface area contributed by atoms with E-state index in [0.29, 0.717) is 16.2 Å². The van der Waals surface area contributed by atoms with E-state index >= 15 is 0 Å². The Morgan fingerprint density at radius 2 is 2.31 bits per heavy atom. The van der Waals surface area contributed by atoms with E-state index in [4.69, 9.17) is 21.6 Å². The van der Waals surface area contributed by atoms with Gasteiger partial charge in [0.1, 0.15) is 0 Å². The molecule has 0 spiro atoms. The Kier molecular flexibility index (Phi) is 3.48. The van der Waals surface area contributed by atoms with Gasteiger partial charge in [-0.05, 0) is 30.6 Å². The standard InChI is InChI=1S/C8H9BClNO2/c1-6(9(12)13)4-8-5-7(10)2-3-11-8/h2-5,12-13H,1H3/b6-4+. The van der Waals surface area contributed by atoms with Crippen molar-refractivity contribution in [2.45, 2.75) is 6.92 Å². The van der Waals surface area contributed by atoms with Crippen LogP contribution in [0, 0.1) is 0 Å². The van der Waals surface area contributed by atoms with E-state index < -0.39 is 7.12 Å². The molecule has 0 radical (unpaired) electrons. The van der Waals surface area contributed by atoms with Crippen LogP contribution in [-0.4, -0.2) is 22.2 Å². The molecule has 1 aromatic heterocycles. The molecule has 0 aliphatic heterocycles. The maximum Gasteiger partial charge on any atom is 0.483 e. The molecule has 0 atom stereocenters. The Bertz CT molecular complexity index is 328. The van der Waals surface area contributed by atoms with E-state index in [9.17, 15) is 0 Å². The predicted molar refractivity (Wildman–Crippen MR) is 53.1 cm³/mol. The molecule has 1 heterocycles. The van der Waals surface area contributed by atoms with Crippen LogP contribution >= 0.6 is 11.6 Å². The van der Waals surface area contributed by atoms with Gasteiger partial charge in [-0.2, -0.15) is 0 Å². The van der Waals surface area contributed by atoms with Crippen molar-refractivity contribution >= 4 is 24.8 Å². The third-order valence-electron chi connectivity index (χ3n) is 1.53. The van der Waals surface area contributed by atoms with E-state index in [-0.39, 0.29) is 0 Å². The number of hydrogen-bond donors (Lipinski definition) is 2. The van der Waals surface area contributed by atoms with Gasteiger partial charge in [-0.25, -0.2) is 0 Å². The van der Waals surface area contributed by atoms with Gasteiger partial charge in [-0.3, -0.25) is 4.98 Å². The molecule has 5 heteroatoms. The number of aromatic nitrogens is 1. The molecule has 0 saturated carbocycles. The molecule has 0 aliphatic rings. The first-order valence-electron chi connectivity index (χ1n) is 3.75. The van der Waals surface area contributed by atoms with Gasteiger partial charge in [-0.15, -0.1) is 0 Å². The number of rotatable bonds is 2. The molecule has 68 valence electrons. The van der Waals surface area contributed by atoms with E-state index in [0.717, 1.165) is 0 Å². The van der Waals surface area contributed by atoms with Crippen molar-refractivity contribution in [2.24, 2.45) is 0 Å². The van der Waals surface area contributed by atoms with Gasteiger partial charge in [0.2, 0.25) is 0 Å². The lowest BCUT2D eigenvalue weighted by Crippen LogP contribution is -2.12. The molecule has 0 fully saturated rings. The Hall–Kier alpha value is -0.835. The van der Waals surface area contributed by atoms with Crippen molar-refractivity contribution < 1.29 is 10.0 Å². The Balaban J connectivity index is 2.91. The van der Waals surface area contributed by atoms with E-state index in [1.807, 2.05) is 0 Å². The van der Waals surface area contributed by atoms with Crippen molar-refractivity contribution in [3.63, 3.8) is 0 Å². The molecule has 0 unspecified atom stereocenters. The number of nitrogens with zero attached hydrogens (tertiary/aromatic N) is 1. The quantitative estimate of drug-likeness (QED) is 0.699.